The lowest BCUT2D eigenvalue weighted by Gasteiger charge is -2.33. The summed E-state index contributed by atoms with van der Waals surface area (Å²) in [5, 5.41) is 4.47. The Kier molecular flexibility index (Phi) is 7.14. The summed E-state index contributed by atoms with van der Waals surface area (Å²) in [5.41, 5.74) is 4.50. The number of aromatic amines is 1. The lowest BCUT2D eigenvalue weighted by Crippen LogP contribution is -2.42. The van der Waals surface area contributed by atoms with E-state index in [9.17, 15) is 4.79 Å². The molecule has 0 aliphatic carbocycles. The minimum Gasteiger partial charge on any atom is -0.314 e. The number of fused-ring (bicyclic) bond motifs is 1. The smallest absolute Gasteiger partial charge is 0.314 e. The van der Waals surface area contributed by atoms with Gasteiger partial charge in [0, 0.05) is 36.7 Å². The number of H-pyrrole nitrogens is 1. The minimum absolute atomic E-state index is 0.000271. The third kappa shape index (κ3) is 5.44. The Morgan fingerprint density at radius 1 is 0.912 bits per heavy atom. The van der Waals surface area contributed by atoms with Gasteiger partial charge in [0.2, 0.25) is 0 Å². The Morgan fingerprint density at radius 3 is 2.41 bits per heavy atom. The number of benzene rings is 3. The Balaban J connectivity index is 1.27. The Hall–Kier alpha value is -2.86. The molecule has 0 saturated carbocycles. The normalized spacial score (nSPS) is 18.5. The van der Waals surface area contributed by atoms with Crippen molar-refractivity contribution < 1.29 is 0 Å². The molecule has 2 heterocycles. The molecular formula is C28H31ClN4O. The van der Waals surface area contributed by atoms with Gasteiger partial charge in [0.1, 0.15) is 0 Å². The highest BCUT2D eigenvalue weighted by atomic mass is 35.5. The molecule has 1 aliphatic rings. The van der Waals surface area contributed by atoms with Gasteiger partial charge in [-0.1, -0.05) is 66.2 Å². The zero-order valence-electron chi connectivity index (χ0n) is 19.3. The van der Waals surface area contributed by atoms with Gasteiger partial charge in [0.25, 0.3) is 0 Å². The molecule has 5 rings (SSSR count). The monoisotopic (exact) mass is 474 g/mol. The molecule has 5 nitrogen and oxygen atoms in total. The van der Waals surface area contributed by atoms with Crippen LogP contribution in [0.25, 0.3) is 11.0 Å². The van der Waals surface area contributed by atoms with Gasteiger partial charge in [-0.25, -0.2) is 4.79 Å². The largest absolute Gasteiger partial charge is 0.326 e. The molecule has 4 aromatic rings. The van der Waals surface area contributed by atoms with Crippen LogP contribution in [-0.4, -0.2) is 33.6 Å². The highest BCUT2D eigenvalue weighted by Gasteiger charge is 2.25. The number of aromatic nitrogens is 2. The molecule has 1 fully saturated rings. The van der Waals surface area contributed by atoms with Crippen LogP contribution in [0.2, 0.25) is 5.02 Å². The number of para-hydroxylation sites is 2. The lowest BCUT2D eigenvalue weighted by atomic mass is 9.96. The standard InChI is InChI=1S/C28H31ClN4O/c29-23-12-10-22(11-13-23)20-32(19-21-6-2-1-3-7-21)17-15-24-18-25(14-16-30-24)33-27-9-5-4-8-26(27)31-28(33)34/h1-13,24-25,30H,14-20H2,(H,31,34). The van der Waals surface area contributed by atoms with E-state index in [1.807, 2.05) is 41.0 Å². The maximum Gasteiger partial charge on any atom is 0.326 e. The van der Waals surface area contributed by atoms with Crippen molar-refractivity contribution in [2.24, 2.45) is 0 Å². The summed E-state index contributed by atoms with van der Waals surface area (Å²) in [6, 6.07) is 27.4. The molecule has 2 atom stereocenters. The average Bonchev–Trinajstić information content (AvgIpc) is 3.20. The van der Waals surface area contributed by atoms with E-state index in [0.29, 0.717) is 6.04 Å². The van der Waals surface area contributed by atoms with Gasteiger partial charge >= 0.3 is 5.69 Å². The highest BCUT2D eigenvalue weighted by molar-refractivity contribution is 6.30. The van der Waals surface area contributed by atoms with Crippen molar-refractivity contribution in [2.45, 2.75) is 44.4 Å². The van der Waals surface area contributed by atoms with E-state index in [1.165, 1.54) is 11.1 Å². The van der Waals surface area contributed by atoms with Crippen molar-refractivity contribution in [3.05, 3.63) is 105 Å². The molecule has 3 aromatic carbocycles. The second kappa shape index (κ2) is 10.6. The van der Waals surface area contributed by atoms with Crippen molar-refractivity contribution in [3.8, 4) is 0 Å². The molecule has 1 saturated heterocycles. The lowest BCUT2D eigenvalue weighted by molar-refractivity contribution is 0.217. The quantitative estimate of drug-likeness (QED) is 0.361. The number of hydrogen-bond donors (Lipinski definition) is 2. The highest BCUT2D eigenvalue weighted by Crippen LogP contribution is 2.26. The van der Waals surface area contributed by atoms with Crippen LogP contribution in [0.1, 0.15) is 36.4 Å². The second-order valence-electron chi connectivity index (χ2n) is 9.26. The van der Waals surface area contributed by atoms with Gasteiger partial charge in [-0.3, -0.25) is 9.47 Å². The van der Waals surface area contributed by atoms with Gasteiger partial charge in [-0.15, -0.1) is 0 Å². The Bertz CT molecular complexity index is 1270. The van der Waals surface area contributed by atoms with Gasteiger partial charge in [-0.2, -0.15) is 0 Å². The van der Waals surface area contributed by atoms with E-state index in [0.717, 1.165) is 61.5 Å². The first-order valence-electron chi connectivity index (χ1n) is 12.1. The number of piperidine rings is 1. The van der Waals surface area contributed by atoms with Crippen LogP contribution in [0, 0.1) is 0 Å². The fraction of sp³-hybridized carbons (Fsp3) is 0.321. The number of rotatable bonds is 8. The predicted molar refractivity (Wildman–Crippen MR) is 139 cm³/mol. The van der Waals surface area contributed by atoms with Gasteiger partial charge in [0.05, 0.1) is 11.0 Å². The van der Waals surface area contributed by atoms with E-state index in [4.69, 9.17) is 11.6 Å². The summed E-state index contributed by atoms with van der Waals surface area (Å²) < 4.78 is 1.97. The first kappa shape index (κ1) is 22.9. The van der Waals surface area contributed by atoms with Crippen LogP contribution in [0.4, 0.5) is 0 Å². The Morgan fingerprint density at radius 2 is 1.62 bits per heavy atom. The van der Waals surface area contributed by atoms with Gasteiger partial charge in [0.15, 0.2) is 0 Å². The fourth-order valence-electron chi connectivity index (χ4n) is 5.12. The van der Waals surface area contributed by atoms with E-state index < -0.39 is 0 Å². The van der Waals surface area contributed by atoms with Crippen molar-refractivity contribution in [1.82, 2.24) is 19.8 Å². The van der Waals surface area contributed by atoms with E-state index >= 15 is 0 Å². The van der Waals surface area contributed by atoms with Crippen LogP contribution in [-0.2, 0) is 13.1 Å². The molecule has 0 radical (unpaired) electrons. The van der Waals surface area contributed by atoms with Gasteiger partial charge < -0.3 is 10.3 Å². The number of nitrogens with one attached hydrogen (secondary N) is 2. The average molecular weight is 475 g/mol. The molecule has 0 spiro atoms. The number of imidazole rings is 1. The summed E-state index contributed by atoms with van der Waals surface area (Å²) in [6.07, 6.45) is 2.96. The van der Waals surface area contributed by atoms with E-state index in [2.05, 4.69) is 57.7 Å². The molecule has 0 amide bonds. The third-order valence-corrected chi connectivity index (χ3v) is 7.07. The molecule has 6 heteroatoms. The van der Waals surface area contributed by atoms with Crippen LogP contribution in [0.5, 0.6) is 0 Å². The molecule has 2 N–H and O–H groups in total. The van der Waals surface area contributed by atoms with Crippen molar-refractivity contribution >= 4 is 22.6 Å². The van der Waals surface area contributed by atoms with Crippen LogP contribution >= 0.6 is 11.6 Å². The second-order valence-corrected chi connectivity index (χ2v) is 9.69. The van der Waals surface area contributed by atoms with Crippen molar-refractivity contribution in [1.29, 1.82) is 0 Å². The molecule has 176 valence electrons. The van der Waals surface area contributed by atoms with Crippen LogP contribution in [0.15, 0.2) is 83.7 Å². The molecule has 2 unspecified atom stereocenters. The minimum atomic E-state index is 0.000271. The number of nitrogens with zero attached hydrogens (tertiary/aromatic N) is 2. The topological polar surface area (TPSA) is 53.1 Å². The predicted octanol–water partition coefficient (Wildman–Crippen LogP) is 5.37. The zero-order valence-corrected chi connectivity index (χ0v) is 20.0. The molecular weight excluding hydrogens is 444 g/mol. The van der Waals surface area contributed by atoms with Gasteiger partial charge in [-0.05, 0) is 61.2 Å². The third-order valence-electron chi connectivity index (χ3n) is 6.82. The maximum absolute atomic E-state index is 12.7. The fourth-order valence-corrected chi connectivity index (χ4v) is 5.24. The SMILES string of the molecule is O=c1[nH]c2ccccc2n1C1CCNC(CCN(Cc2ccccc2)Cc2ccc(Cl)cc2)C1. The molecule has 1 aromatic heterocycles. The molecule has 1 aliphatic heterocycles. The van der Waals surface area contributed by atoms with E-state index in [-0.39, 0.29) is 11.7 Å². The summed E-state index contributed by atoms with van der Waals surface area (Å²) in [4.78, 5) is 18.2. The van der Waals surface area contributed by atoms with Crippen LogP contribution < -0.4 is 11.0 Å². The number of halogens is 1. The zero-order chi connectivity index (χ0) is 23.3. The first-order valence-corrected chi connectivity index (χ1v) is 12.5. The number of hydrogen-bond acceptors (Lipinski definition) is 3. The van der Waals surface area contributed by atoms with E-state index in [1.54, 1.807) is 0 Å². The molecule has 0 bridgehead atoms. The summed E-state index contributed by atoms with van der Waals surface area (Å²) >= 11 is 6.10. The van der Waals surface area contributed by atoms with Crippen LogP contribution in [0.3, 0.4) is 0 Å². The van der Waals surface area contributed by atoms with Crippen molar-refractivity contribution in [3.63, 3.8) is 0 Å². The Labute approximate surface area is 205 Å². The van der Waals surface area contributed by atoms with Crippen molar-refractivity contribution in [2.75, 3.05) is 13.1 Å². The maximum atomic E-state index is 12.7. The molecule has 34 heavy (non-hydrogen) atoms. The summed E-state index contributed by atoms with van der Waals surface area (Å²) in [5.74, 6) is 0. The first-order chi connectivity index (χ1) is 16.7. The summed E-state index contributed by atoms with van der Waals surface area (Å²) in [7, 11) is 0. The summed E-state index contributed by atoms with van der Waals surface area (Å²) in [6.45, 7) is 3.69.